The Labute approximate surface area is 189 Å². The van der Waals surface area contributed by atoms with Crippen LogP contribution < -0.4 is 20.1 Å². The molecule has 0 fully saturated rings. The number of carbonyl (C=O) groups excluding carboxylic acids is 1. The van der Waals surface area contributed by atoms with Crippen molar-refractivity contribution in [3.8, 4) is 23.0 Å². The summed E-state index contributed by atoms with van der Waals surface area (Å²) >= 11 is 5.28. The number of carbonyl (C=O) groups is 1. The van der Waals surface area contributed by atoms with E-state index in [0.29, 0.717) is 23.0 Å². The summed E-state index contributed by atoms with van der Waals surface area (Å²) in [4.78, 5) is 17.0. The number of rotatable bonds is 3. The molecular weight excluding hydrogens is 426 g/mol. The number of thiocarbonyl (C=S) groups is 1. The maximum absolute atomic E-state index is 12.5. The van der Waals surface area contributed by atoms with Gasteiger partial charge in [-0.2, -0.15) is 0 Å². The summed E-state index contributed by atoms with van der Waals surface area (Å²) in [7, 11) is 0. The minimum atomic E-state index is -0.338. The molecule has 2 N–H and O–H groups in total. The molecule has 7 nitrogen and oxygen atoms in total. The highest BCUT2D eigenvalue weighted by molar-refractivity contribution is 7.80. The maximum atomic E-state index is 12.5. The molecule has 0 radical (unpaired) electrons. The Morgan fingerprint density at radius 1 is 0.969 bits per heavy atom. The van der Waals surface area contributed by atoms with Gasteiger partial charge in [0.1, 0.15) is 5.52 Å². The summed E-state index contributed by atoms with van der Waals surface area (Å²) in [6.45, 7) is 4.25. The number of hydrogen-bond donors (Lipinski definition) is 2. The summed E-state index contributed by atoms with van der Waals surface area (Å²) in [6.07, 6.45) is 0. The van der Waals surface area contributed by atoms with Crippen molar-refractivity contribution in [3.63, 3.8) is 0 Å². The zero-order valence-corrected chi connectivity index (χ0v) is 18.2. The number of fused-ring (bicyclic) bond motifs is 2. The second-order valence-corrected chi connectivity index (χ2v) is 7.89. The van der Waals surface area contributed by atoms with Gasteiger partial charge in [0.2, 0.25) is 12.7 Å². The molecule has 0 bridgehead atoms. The van der Waals surface area contributed by atoms with Crippen LogP contribution in [0.1, 0.15) is 21.5 Å². The van der Waals surface area contributed by atoms with Crippen LogP contribution in [0.4, 0.5) is 5.69 Å². The Balaban J connectivity index is 1.25. The van der Waals surface area contributed by atoms with E-state index in [4.69, 9.17) is 26.1 Å². The van der Waals surface area contributed by atoms with E-state index in [2.05, 4.69) is 22.5 Å². The van der Waals surface area contributed by atoms with Gasteiger partial charge < -0.3 is 19.2 Å². The Morgan fingerprint density at radius 3 is 2.53 bits per heavy atom. The van der Waals surface area contributed by atoms with E-state index in [1.165, 1.54) is 5.56 Å². The summed E-state index contributed by atoms with van der Waals surface area (Å²) in [5, 5.41) is 5.86. The van der Waals surface area contributed by atoms with Gasteiger partial charge in [-0.3, -0.25) is 10.1 Å². The van der Waals surface area contributed by atoms with E-state index in [0.717, 1.165) is 27.9 Å². The fourth-order valence-electron chi connectivity index (χ4n) is 3.37. The third kappa shape index (κ3) is 3.88. The van der Waals surface area contributed by atoms with Gasteiger partial charge >= 0.3 is 0 Å². The van der Waals surface area contributed by atoms with Crippen molar-refractivity contribution in [3.05, 3.63) is 71.3 Å². The average Bonchev–Trinajstić information content (AvgIpc) is 3.40. The fraction of sp³-hybridized carbons (Fsp3) is 0.125. The van der Waals surface area contributed by atoms with Crippen molar-refractivity contribution < 1.29 is 18.7 Å². The Bertz CT molecular complexity index is 1320. The monoisotopic (exact) mass is 445 g/mol. The normalized spacial score (nSPS) is 12.1. The van der Waals surface area contributed by atoms with E-state index >= 15 is 0 Å². The zero-order valence-electron chi connectivity index (χ0n) is 17.4. The van der Waals surface area contributed by atoms with Gasteiger partial charge in [-0.25, -0.2) is 4.98 Å². The Morgan fingerprint density at radius 2 is 1.72 bits per heavy atom. The van der Waals surface area contributed by atoms with E-state index in [9.17, 15) is 4.79 Å². The lowest BCUT2D eigenvalue weighted by Gasteiger charge is -2.10. The van der Waals surface area contributed by atoms with Gasteiger partial charge in [0.15, 0.2) is 22.2 Å². The van der Waals surface area contributed by atoms with Gasteiger partial charge in [-0.05, 0) is 91.8 Å². The first-order chi connectivity index (χ1) is 15.5. The number of nitrogens with zero attached hydrogens (tertiary/aromatic N) is 1. The lowest BCUT2D eigenvalue weighted by Crippen LogP contribution is -2.34. The molecule has 0 saturated heterocycles. The molecule has 1 amide bonds. The molecule has 1 aliphatic heterocycles. The maximum Gasteiger partial charge on any atom is 0.257 e. The molecule has 1 aromatic heterocycles. The van der Waals surface area contributed by atoms with Crippen LogP contribution in [0.3, 0.4) is 0 Å². The molecule has 2 heterocycles. The number of ether oxygens (including phenoxy) is 2. The third-order valence-electron chi connectivity index (χ3n) is 5.26. The standard InChI is InChI=1S/C24H19N3O4S/c1-13-9-18-20(10-14(13)2)31-23(26-18)15-3-6-17(7-4-15)25-24(32)27-22(28)16-5-8-19-21(11-16)30-12-29-19/h3-11H,12H2,1-2H3,(H2,25,27,28,32). The molecule has 160 valence electrons. The highest BCUT2D eigenvalue weighted by Crippen LogP contribution is 2.32. The number of amides is 1. The molecule has 32 heavy (non-hydrogen) atoms. The van der Waals surface area contributed by atoms with Crippen LogP contribution in [0, 0.1) is 13.8 Å². The van der Waals surface area contributed by atoms with Crippen LogP contribution in [0.2, 0.25) is 0 Å². The number of nitrogens with one attached hydrogen (secondary N) is 2. The van der Waals surface area contributed by atoms with Gasteiger partial charge in [-0.1, -0.05) is 0 Å². The second kappa shape index (κ2) is 7.97. The smallest absolute Gasteiger partial charge is 0.257 e. The van der Waals surface area contributed by atoms with E-state index in [1.54, 1.807) is 18.2 Å². The number of anilines is 1. The van der Waals surface area contributed by atoms with Crippen LogP contribution in [0.5, 0.6) is 11.5 Å². The lowest BCUT2D eigenvalue weighted by atomic mass is 10.1. The van der Waals surface area contributed by atoms with Crippen molar-refractivity contribution in [2.24, 2.45) is 0 Å². The van der Waals surface area contributed by atoms with Crippen molar-refractivity contribution >= 4 is 40.0 Å². The van der Waals surface area contributed by atoms with Gasteiger partial charge in [0.05, 0.1) is 0 Å². The zero-order chi connectivity index (χ0) is 22.2. The van der Waals surface area contributed by atoms with E-state index in [-0.39, 0.29) is 17.8 Å². The Kier molecular flexibility index (Phi) is 4.99. The van der Waals surface area contributed by atoms with Crippen molar-refractivity contribution in [1.82, 2.24) is 10.3 Å². The van der Waals surface area contributed by atoms with Gasteiger partial charge in [-0.15, -0.1) is 0 Å². The number of benzene rings is 3. The number of aromatic nitrogens is 1. The topological polar surface area (TPSA) is 85.6 Å². The first kappa shape index (κ1) is 20.0. The van der Waals surface area contributed by atoms with Crippen LogP contribution in [0.15, 0.2) is 59.0 Å². The molecular formula is C24H19N3O4S. The Hall–Kier alpha value is -3.91. The molecule has 0 atom stereocenters. The summed E-state index contributed by atoms with van der Waals surface area (Å²) in [5.74, 6) is 1.37. The summed E-state index contributed by atoms with van der Waals surface area (Å²) < 4.78 is 16.5. The van der Waals surface area contributed by atoms with Crippen molar-refractivity contribution in [2.75, 3.05) is 12.1 Å². The largest absolute Gasteiger partial charge is 0.454 e. The van der Waals surface area contributed by atoms with Crippen molar-refractivity contribution in [2.45, 2.75) is 13.8 Å². The summed E-state index contributed by atoms with van der Waals surface area (Å²) in [6, 6.07) is 16.5. The molecule has 1 aliphatic rings. The SMILES string of the molecule is Cc1cc2nc(-c3ccc(NC(=S)NC(=O)c4ccc5c(c4)OCO5)cc3)oc2cc1C. The van der Waals surface area contributed by atoms with Gasteiger partial charge in [0.25, 0.3) is 5.91 Å². The molecule has 4 aromatic rings. The highest BCUT2D eigenvalue weighted by atomic mass is 32.1. The van der Waals surface area contributed by atoms with E-state index in [1.807, 2.05) is 43.3 Å². The first-order valence-electron chi connectivity index (χ1n) is 9.96. The van der Waals surface area contributed by atoms with Crippen LogP contribution in [-0.2, 0) is 0 Å². The highest BCUT2D eigenvalue weighted by Gasteiger charge is 2.17. The number of oxazole rings is 1. The van der Waals surface area contributed by atoms with E-state index < -0.39 is 0 Å². The van der Waals surface area contributed by atoms with Crippen LogP contribution in [-0.4, -0.2) is 22.8 Å². The first-order valence-corrected chi connectivity index (χ1v) is 10.4. The quantitative estimate of drug-likeness (QED) is 0.431. The molecule has 0 aliphatic carbocycles. The number of hydrogen-bond acceptors (Lipinski definition) is 6. The predicted molar refractivity (Wildman–Crippen MR) is 125 cm³/mol. The third-order valence-corrected chi connectivity index (χ3v) is 5.46. The fourth-order valence-corrected chi connectivity index (χ4v) is 3.59. The number of aryl methyl sites for hydroxylation is 2. The minimum absolute atomic E-state index is 0.152. The second-order valence-electron chi connectivity index (χ2n) is 7.48. The molecule has 3 aromatic carbocycles. The summed E-state index contributed by atoms with van der Waals surface area (Å²) in [5.41, 5.74) is 5.93. The average molecular weight is 446 g/mol. The lowest BCUT2D eigenvalue weighted by molar-refractivity contribution is 0.0977. The molecule has 0 saturated carbocycles. The van der Waals surface area contributed by atoms with Gasteiger partial charge in [0, 0.05) is 16.8 Å². The predicted octanol–water partition coefficient (Wildman–Crippen LogP) is 4.97. The molecule has 8 heteroatoms. The van der Waals surface area contributed by atoms with Crippen molar-refractivity contribution in [1.29, 1.82) is 0 Å². The molecule has 5 rings (SSSR count). The minimum Gasteiger partial charge on any atom is -0.454 e. The van der Waals surface area contributed by atoms with Crippen LogP contribution >= 0.6 is 12.2 Å². The van der Waals surface area contributed by atoms with Crippen LogP contribution in [0.25, 0.3) is 22.6 Å². The molecule has 0 unspecified atom stereocenters. The molecule has 0 spiro atoms.